The fourth-order valence-electron chi connectivity index (χ4n) is 3.45. The van der Waals surface area contributed by atoms with Gasteiger partial charge in [0.2, 0.25) is 5.78 Å². The predicted octanol–water partition coefficient (Wildman–Crippen LogP) is 4.64. The summed E-state index contributed by atoms with van der Waals surface area (Å²) in [6.07, 6.45) is 3.65. The lowest BCUT2D eigenvalue weighted by atomic mass is 10.1. The van der Waals surface area contributed by atoms with Gasteiger partial charge in [-0.15, -0.1) is 11.6 Å². The molecule has 4 rings (SSSR count). The molecule has 0 spiro atoms. The molecule has 0 bridgehead atoms. The average molecular weight is 426 g/mol. The van der Waals surface area contributed by atoms with Crippen molar-refractivity contribution in [2.24, 2.45) is 7.05 Å². The number of Topliss-reactive ketones (excluding diaryl/α,β-unsaturated/α-hetero) is 1. The van der Waals surface area contributed by atoms with Gasteiger partial charge in [-0.3, -0.25) is 9.59 Å². The van der Waals surface area contributed by atoms with Crippen LogP contribution in [-0.4, -0.2) is 28.8 Å². The summed E-state index contributed by atoms with van der Waals surface area (Å²) in [4.78, 5) is 24.7. The van der Waals surface area contributed by atoms with Crippen molar-refractivity contribution in [3.05, 3.63) is 59.0 Å². The van der Waals surface area contributed by atoms with Crippen LogP contribution in [0.1, 0.15) is 28.4 Å². The Hall–Kier alpha value is -3.25. The molecular formula is C23H20ClNO5. The maximum Gasteiger partial charge on any atom is 0.329 e. The first-order valence-corrected chi connectivity index (χ1v) is 9.80. The van der Waals surface area contributed by atoms with Crippen molar-refractivity contribution in [2.75, 3.05) is 7.11 Å². The van der Waals surface area contributed by atoms with Crippen LogP contribution in [0.15, 0.2) is 42.3 Å². The molecule has 0 saturated heterocycles. The second-order valence-corrected chi connectivity index (χ2v) is 7.78. The summed E-state index contributed by atoms with van der Waals surface area (Å²) < 4.78 is 18.5. The van der Waals surface area contributed by atoms with Crippen molar-refractivity contribution in [2.45, 2.75) is 19.2 Å². The van der Waals surface area contributed by atoms with Gasteiger partial charge in [0.25, 0.3) is 0 Å². The van der Waals surface area contributed by atoms with E-state index in [1.54, 1.807) is 32.2 Å². The van der Waals surface area contributed by atoms with E-state index in [2.05, 4.69) is 0 Å². The molecule has 0 amide bonds. The number of ether oxygens (including phenoxy) is 3. The standard InChI is InChI=1S/C23H20ClNO5/c1-12-19(30-23(27)13(2)24)8-6-16-21(26)20(29-22(12)16)9-14-11-25(3)18-7-5-15(28-4)10-17(14)18/h5-11,13H,1-4H3/b20-9-. The first-order chi connectivity index (χ1) is 14.3. The zero-order valence-electron chi connectivity index (χ0n) is 17.0. The van der Waals surface area contributed by atoms with Gasteiger partial charge in [0.15, 0.2) is 5.76 Å². The number of carbonyl (C=O) groups excluding carboxylic acids is 2. The Morgan fingerprint density at radius 3 is 2.73 bits per heavy atom. The zero-order chi connectivity index (χ0) is 21.6. The van der Waals surface area contributed by atoms with Crippen LogP contribution in [0.3, 0.4) is 0 Å². The number of halogens is 1. The summed E-state index contributed by atoms with van der Waals surface area (Å²) in [7, 11) is 3.55. The summed E-state index contributed by atoms with van der Waals surface area (Å²) >= 11 is 5.78. The van der Waals surface area contributed by atoms with Gasteiger partial charge < -0.3 is 18.8 Å². The topological polar surface area (TPSA) is 66.8 Å². The van der Waals surface area contributed by atoms with E-state index >= 15 is 0 Å². The number of allylic oxidation sites excluding steroid dienone is 1. The van der Waals surface area contributed by atoms with E-state index in [-0.39, 0.29) is 11.5 Å². The molecule has 0 saturated carbocycles. The molecule has 7 heteroatoms. The van der Waals surface area contributed by atoms with Gasteiger partial charge in [-0.1, -0.05) is 0 Å². The highest BCUT2D eigenvalue weighted by molar-refractivity contribution is 6.29. The lowest BCUT2D eigenvalue weighted by Crippen LogP contribution is -2.18. The van der Waals surface area contributed by atoms with Crippen LogP contribution in [0.25, 0.3) is 17.0 Å². The Morgan fingerprint density at radius 1 is 1.27 bits per heavy atom. The molecule has 3 aromatic rings. The minimum atomic E-state index is -0.779. The van der Waals surface area contributed by atoms with Crippen LogP contribution in [0.4, 0.5) is 0 Å². The highest BCUT2D eigenvalue weighted by Gasteiger charge is 2.31. The second-order valence-electron chi connectivity index (χ2n) is 7.12. The predicted molar refractivity (Wildman–Crippen MR) is 115 cm³/mol. The summed E-state index contributed by atoms with van der Waals surface area (Å²) in [6.45, 7) is 3.27. The quantitative estimate of drug-likeness (QED) is 0.263. The maximum absolute atomic E-state index is 12.9. The van der Waals surface area contributed by atoms with Crippen molar-refractivity contribution >= 4 is 40.3 Å². The molecule has 30 heavy (non-hydrogen) atoms. The Labute approximate surface area is 178 Å². The molecule has 154 valence electrons. The highest BCUT2D eigenvalue weighted by atomic mass is 35.5. The number of methoxy groups -OCH3 is 1. The smallest absolute Gasteiger partial charge is 0.329 e. The summed E-state index contributed by atoms with van der Waals surface area (Å²) in [5.74, 6) is 0.844. The molecular weight excluding hydrogens is 406 g/mol. The first kappa shape index (κ1) is 20.0. The third-order valence-corrected chi connectivity index (χ3v) is 5.26. The minimum absolute atomic E-state index is 0.206. The SMILES string of the molecule is COc1ccc2c(c1)c(/C=C1\Oc3c(ccc(OC(=O)C(C)Cl)c3C)C1=O)cn2C. The summed E-state index contributed by atoms with van der Waals surface area (Å²) in [5.41, 5.74) is 2.83. The van der Waals surface area contributed by atoms with Gasteiger partial charge in [-0.25, -0.2) is 0 Å². The number of esters is 1. The molecule has 0 N–H and O–H groups in total. The number of alkyl halides is 1. The van der Waals surface area contributed by atoms with Crippen molar-refractivity contribution in [1.29, 1.82) is 0 Å². The molecule has 1 atom stereocenters. The number of carbonyl (C=O) groups is 2. The van der Waals surface area contributed by atoms with E-state index < -0.39 is 11.3 Å². The lowest BCUT2D eigenvalue weighted by molar-refractivity contribution is -0.133. The molecule has 0 aliphatic carbocycles. The molecule has 2 aromatic carbocycles. The Kier molecular flexibility index (Phi) is 5.03. The van der Waals surface area contributed by atoms with Crippen LogP contribution in [0.5, 0.6) is 17.2 Å². The van der Waals surface area contributed by atoms with Gasteiger partial charge >= 0.3 is 5.97 Å². The molecule has 6 nitrogen and oxygen atoms in total. The Bertz CT molecular complexity index is 1220. The number of rotatable bonds is 4. The fraction of sp³-hybridized carbons (Fsp3) is 0.217. The van der Waals surface area contributed by atoms with Gasteiger partial charge in [0.05, 0.1) is 12.7 Å². The molecule has 0 radical (unpaired) electrons. The van der Waals surface area contributed by atoms with E-state index in [9.17, 15) is 9.59 Å². The number of aromatic nitrogens is 1. The lowest BCUT2D eigenvalue weighted by Gasteiger charge is -2.10. The fourth-order valence-corrected chi connectivity index (χ4v) is 3.50. The number of nitrogens with zero attached hydrogens (tertiary/aromatic N) is 1. The number of ketones is 1. The van der Waals surface area contributed by atoms with Gasteiger partial charge in [-0.2, -0.15) is 0 Å². The molecule has 2 heterocycles. The third-order valence-electron chi connectivity index (χ3n) is 5.09. The molecule has 1 aliphatic rings. The monoisotopic (exact) mass is 425 g/mol. The molecule has 1 unspecified atom stereocenters. The normalized spacial score (nSPS) is 15.2. The number of aryl methyl sites for hydroxylation is 1. The van der Waals surface area contributed by atoms with Crippen LogP contribution in [0.2, 0.25) is 0 Å². The Morgan fingerprint density at radius 2 is 2.03 bits per heavy atom. The van der Waals surface area contributed by atoms with Crippen molar-refractivity contribution < 1.29 is 23.8 Å². The van der Waals surface area contributed by atoms with E-state index in [1.165, 1.54) is 6.92 Å². The van der Waals surface area contributed by atoms with E-state index in [4.69, 9.17) is 25.8 Å². The largest absolute Gasteiger partial charge is 0.497 e. The van der Waals surface area contributed by atoms with Gasteiger partial charge in [0, 0.05) is 35.3 Å². The average Bonchev–Trinajstić information content (AvgIpc) is 3.21. The van der Waals surface area contributed by atoms with Crippen molar-refractivity contribution in [3.8, 4) is 17.2 Å². The van der Waals surface area contributed by atoms with Crippen molar-refractivity contribution in [1.82, 2.24) is 4.57 Å². The Balaban J connectivity index is 1.73. The van der Waals surface area contributed by atoms with Gasteiger partial charge in [0.1, 0.15) is 22.6 Å². The van der Waals surface area contributed by atoms with E-state index in [0.29, 0.717) is 22.6 Å². The third kappa shape index (κ3) is 3.33. The first-order valence-electron chi connectivity index (χ1n) is 9.37. The summed E-state index contributed by atoms with van der Waals surface area (Å²) in [5, 5.41) is 0.165. The number of benzene rings is 2. The number of hydrogen-bond donors (Lipinski definition) is 0. The molecule has 1 aromatic heterocycles. The zero-order valence-corrected chi connectivity index (χ0v) is 17.7. The molecule has 1 aliphatic heterocycles. The van der Waals surface area contributed by atoms with E-state index in [0.717, 1.165) is 22.2 Å². The van der Waals surface area contributed by atoms with Crippen LogP contribution >= 0.6 is 11.6 Å². The molecule has 0 fully saturated rings. The van der Waals surface area contributed by atoms with Crippen molar-refractivity contribution in [3.63, 3.8) is 0 Å². The van der Waals surface area contributed by atoms with Crippen LogP contribution in [-0.2, 0) is 11.8 Å². The number of fused-ring (bicyclic) bond motifs is 2. The maximum atomic E-state index is 12.9. The summed E-state index contributed by atoms with van der Waals surface area (Å²) in [6, 6.07) is 8.95. The van der Waals surface area contributed by atoms with Crippen LogP contribution < -0.4 is 14.2 Å². The van der Waals surface area contributed by atoms with Crippen LogP contribution in [0, 0.1) is 6.92 Å². The second kappa shape index (κ2) is 7.54. The van der Waals surface area contributed by atoms with Gasteiger partial charge in [-0.05, 0) is 50.3 Å². The van der Waals surface area contributed by atoms with E-state index in [1.807, 2.05) is 36.0 Å². The minimum Gasteiger partial charge on any atom is -0.497 e. The highest BCUT2D eigenvalue weighted by Crippen LogP contribution is 2.40. The number of hydrogen-bond acceptors (Lipinski definition) is 5.